The average molecular weight is 84.0 g/mol. The fourth-order valence-corrected chi connectivity index (χ4v) is 0. The molecule has 0 N–H and O–H groups in total. The maximum absolute atomic E-state index is 2.24. The smallest absolute Gasteiger partial charge is 0.0763 e. The summed E-state index contributed by atoms with van der Waals surface area (Å²) in [7, 11) is 2.21. The first kappa shape index (κ1) is 6.06. The zero-order chi connectivity index (χ0) is 5.21. The van der Waals surface area contributed by atoms with E-state index in [0.29, 0.717) is 5.41 Å². The van der Waals surface area contributed by atoms with Crippen molar-refractivity contribution in [2.24, 2.45) is 5.41 Å². The van der Waals surface area contributed by atoms with Gasteiger partial charge in [0.05, 0.1) is 0 Å². The summed E-state index contributed by atoms with van der Waals surface area (Å²) in [5, 5.41) is 0. The molecule has 1 heteroatoms. The van der Waals surface area contributed by atoms with E-state index in [9.17, 15) is 0 Å². The van der Waals surface area contributed by atoms with Gasteiger partial charge in [0.25, 0.3) is 0 Å². The van der Waals surface area contributed by atoms with Gasteiger partial charge in [-0.2, -0.15) is 0 Å². The Morgan fingerprint density at radius 1 is 1.33 bits per heavy atom. The van der Waals surface area contributed by atoms with Gasteiger partial charge < -0.3 is 0 Å². The Morgan fingerprint density at radius 2 is 1.50 bits per heavy atom. The molecule has 0 aliphatic heterocycles. The predicted octanol–water partition coefficient (Wildman–Crippen LogP) is 1.08. The monoisotopic (exact) mass is 84.1 g/mol. The van der Waals surface area contributed by atoms with Gasteiger partial charge in [0.2, 0.25) is 0 Å². The zero-order valence-electron chi connectivity index (χ0n) is 5.21. The highest BCUT2D eigenvalue weighted by atomic mass is 14.1. The van der Waals surface area contributed by atoms with Gasteiger partial charge in [-0.3, -0.25) is 0 Å². The van der Waals surface area contributed by atoms with Crippen LogP contribution in [0.25, 0.3) is 0 Å². The Hall–Kier alpha value is 0.0649. The molecule has 0 nitrogen and oxygen atoms in total. The first-order chi connectivity index (χ1) is 2.56. The van der Waals surface area contributed by atoms with Crippen molar-refractivity contribution in [3.63, 3.8) is 0 Å². The van der Waals surface area contributed by atoms with Gasteiger partial charge in [-0.1, -0.05) is 27.1 Å². The Morgan fingerprint density at radius 3 is 1.50 bits per heavy atom. The van der Waals surface area contributed by atoms with Crippen molar-refractivity contribution < 1.29 is 0 Å². The second-order valence-electron chi connectivity index (χ2n) is 2.91. The highest BCUT2D eigenvalue weighted by molar-refractivity contribution is 6.08. The molecule has 0 amide bonds. The van der Waals surface area contributed by atoms with Crippen LogP contribution in [0.4, 0.5) is 0 Å². The van der Waals surface area contributed by atoms with Gasteiger partial charge in [-0.25, -0.2) is 0 Å². The second kappa shape index (κ2) is 1.68. The SMILES string of the molecule is BCC(C)(C)C. The van der Waals surface area contributed by atoms with E-state index in [2.05, 4.69) is 28.6 Å². The van der Waals surface area contributed by atoms with E-state index in [1.807, 2.05) is 0 Å². The third-order valence-corrected chi connectivity index (χ3v) is 1.06. The van der Waals surface area contributed by atoms with Crippen LogP contribution in [0.5, 0.6) is 0 Å². The van der Waals surface area contributed by atoms with Crippen LogP contribution in [0.1, 0.15) is 20.8 Å². The highest BCUT2D eigenvalue weighted by Gasteiger charge is 2.03. The van der Waals surface area contributed by atoms with Crippen LogP contribution in [0, 0.1) is 5.41 Å². The summed E-state index contributed by atoms with van der Waals surface area (Å²) in [6, 6.07) is 0. The molecule has 0 heterocycles. The fraction of sp³-hybridized carbons (Fsp3) is 1.00. The highest BCUT2D eigenvalue weighted by Crippen LogP contribution is 2.15. The van der Waals surface area contributed by atoms with Crippen LogP contribution >= 0.6 is 0 Å². The topological polar surface area (TPSA) is 0 Å². The molecule has 0 spiro atoms. The standard InChI is InChI=1S/C5H13B/c1-5(2,3)4-6/h4,6H2,1-3H3. The molecule has 0 rings (SSSR count). The molecule has 6 heavy (non-hydrogen) atoms. The molecular weight excluding hydrogens is 70.9 g/mol. The van der Waals surface area contributed by atoms with Gasteiger partial charge in [0, 0.05) is 0 Å². The molecule has 0 saturated carbocycles. The van der Waals surface area contributed by atoms with Gasteiger partial charge in [-0.15, -0.1) is 0 Å². The molecule has 0 fully saturated rings. The van der Waals surface area contributed by atoms with Crippen molar-refractivity contribution in [3.8, 4) is 0 Å². The quantitative estimate of drug-likeness (QED) is 0.385. The number of hydrogen-bond acceptors (Lipinski definition) is 0. The maximum Gasteiger partial charge on any atom is 0.102 e. The third-order valence-electron chi connectivity index (χ3n) is 1.06. The summed E-state index contributed by atoms with van der Waals surface area (Å²) in [4.78, 5) is 0. The van der Waals surface area contributed by atoms with Crippen molar-refractivity contribution in [3.05, 3.63) is 0 Å². The van der Waals surface area contributed by atoms with Crippen LogP contribution < -0.4 is 0 Å². The molecule has 0 atom stereocenters. The van der Waals surface area contributed by atoms with Crippen LogP contribution in [0.3, 0.4) is 0 Å². The summed E-state index contributed by atoms with van der Waals surface area (Å²) in [6.45, 7) is 6.73. The molecule has 0 aliphatic carbocycles. The molecule has 0 radical (unpaired) electrons. The van der Waals surface area contributed by atoms with E-state index >= 15 is 0 Å². The summed E-state index contributed by atoms with van der Waals surface area (Å²) >= 11 is 0. The lowest BCUT2D eigenvalue weighted by Gasteiger charge is -2.12. The van der Waals surface area contributed by atoms with E-state index in [0.717, 1.165) is 0 Å². The maximum atomic E-state index is 2.24. The summed E-state index contributed by atoms with van der Waals surface area (Å²) in [5.41, 5.74) is 0.542. The minimum absolute atomic E-state index is 0.542. The van der Waals surface area contributed by atoms with E-state index in [4.69, 9.17) is 0 Å². The molecule has 36 valence electrons. The van der Waals surface area contributed by atoms with E-state index in [1.165, 1.54) is 6.32 Å². The lowest BCUT2D eigenvalue weighted by atomic mass is 9.81. The molecule has 0 aromatic carbocycles. The normalized spacial score (nSPS) is 11.8. The average Bonchev–Trinajstić information content (AvgIpc) is 1.35. The van der Waals surface area contributed by atoms with Crippen molar-refractivity contribution in [2.75, 3.05) is 0 Å². The molecule has 0 aromatic heterocycles. The zero-order valence-corrected chi connectivity index (χ0v) is 5.21. The van der Waals surface area contributed by atoms with Gasteiger partial charge >= 0.3 is 0 Å². The number of hydrogen-bond donors (Lipinski definition) is 0. The van der Waals surface area contributed by atoms with E-state index < -0.39 is 0 Å². The molecule has 0 unspecified atom stereocenters. The predicted molar refractivity (Wildman–Crippen MR) is 32.8 cm³/mol. The minimum atomic E-state index is 0.542. The molecule has 0 saturated heterocycles. The Kier molecular flexibility index (Phi) is 1.69. The molecule has 0 bridgehead atoms. The van der Waals surface area contributed by atoms with Gasteiger partial charge in [0.1, 0.15) is 7.85 Å². The lowest BCUT2D eigenvalue weighted by molar-refractivity contribution is 0.469. The fourth-order valence-electron chi connectivity index (χ4n) is 0. The molecular formula is C5H13B. The molecule has 0 aliphatic rings. The van der Waals surface area contributed by atoms with Crippen LogP contribution in [-0.2, 0) is 0 Å². The first-order valence-electron chi connectivity index (χ1n) is 2.56. The van der Waals surface area contributed by atoms with E-state index in [1.54, 1.807) is 0 Å². The third kappa shape index (κ3) is 4.06. The largest absolute Gasteiger partial charge is 0.102 e. The van der Waals surface area contributed by atoms with Crippen molar-refractivity contribution in [2.45, 2.75) is 27.1 Å². The van der Waals surface area contributed by atoms with Crippen molar-refractivity contribution in [1.29, 1.82) is 0 Å². The minimum Gasteiger partial charge on any atom is -0.0763 e. The van der Waals surface area contributed by atoms with Gasteiger partial charge in [-0.05, 0) is 5.41 Å². The molecule has 0 aromatic rings. The van der Waals surface area contributed by atoms with Crippen LogP contribution in [-0.4, -0.2) is 7.85 Å². The van der Waals surface area contributed by atoms with Crippen LogP contribution in [0.2, 0.25) is 6.32 Å². The second-order valence-corrected chi connectivity index (χ2v) is 2.91. The summed E-state index contributed by atoms with van der Waals surface area (Å²) < 4.78 is 0. The van der Waals surface area contributed by atoms with Crippen molar-refractivity contribution in [1.82, 2.24) is 0 Å². The summed E-state index contributed by atoms with van der Waals surface area (Å²) in [6.07, 6.45) is 1.27. The first-order valence-corrected chi connectivity index (χ1v) is 2.56. The Bertz CT molecular complexity index is 33.7. The summed E-state index contributed by atoms with van der Waals surface area (Å²) in [5.74, 6) is 0. The van der Waals surface area contributed by atoms with E-state index in [-0.39, 0.29) is 0 Å². The van der Waals surface area contributed by atoms with Crippen LogP contribution in [0.15, 0.2) is 0 Å². The van der Waals surface area contributed by atoms with Crippen molar-refractivity contribution >= 4 is 7.85 Å². The lowest BCUT2D eigenvalue weighted by Crippen LogP contribution is -2.01. The number of rotatable bonds is 0. The van der Waals surface area contributed by atoms with Gasteiger partial charge in [0.15, 0.2) is 0 Å². The Labute approximate surface area is 41.4 Å². The Balaban J connectivity index is 3.17.